The summed E-state index contributed by atoms with van der Waals surface area (Å²) in [4.78, 5) is 30.9. The first kappa shape index (κ1) is 26.3. The van der Waals surface area contributed by atoms with Gasteiger partial charge in [0.25, 0.3) is 5.91 Å². The Bertz CT molecular complexity index is 1900. The zero-order valence-electron chi connectivity index (χ0n) is 23.2. The second-order valence-electron chi connectivity index (χ2n) is 10.4. The second-order valence-corrected chi connectivity index (χ2v) is 10.4. The number of hydrogen-bond donors (Lipinski definition) is 2. The third-order valence-electron chi connectivity index (χ3n) is 7.73. The lowest BCUT2D eigenvalue weighted by molar-refractivity contribution is -0.120. The molecule has 1 atom stereocenters. The molecule has 0 radical (unpaired) electrons. The molecule has 6 aromatic rings. The van der Waals surface area contributed by atoms with Gasteiger partial charge in [-0.3, -0.25) is 9.59 Å². The van der Waals surface area contributed by atoms with E-state index in [2.05, 4.69) is 69.8 Å². The molecule has 6 nitrogen and oxygen atoms in total. The lowest BCUT2D eigenvalue weighted by Gasteiger charge is -2.17. The summed E-state index contributed by atoms with van der Waals surface area (Å²) in [6, 6.07) is 34.4. The number of fused-ring (bicyclic) bond motifs is 3. The van der Waals surface area contributed by atoms with Crippen LogP contribution in [0.4, 0.5) is 0 Å². The van der Waals surface area contributed by atoms with Crippen LogP contribution >= 0.6 is 0 Å². The molecule has 1 heterocycles. The van der Waals surface area contributed by atoms with Gasteiger partial charge in [0.1, 0.15) is 5.82 Å². The van der Waals surface area contributed by atoms with E-state index in [-0.39, 0.29) is 17.9 Å². The highest BCUT2D eigenvalue weighted by molar-refractivity contribution is 6.07. The highest BCUT2D eigenvalue weighted by Crippen LogP contribution is 2.33. The molecule has 2 amide bonds. The summed E-state index contributed by atoms with van der Waals surface area (Å²) in [6.45, 7) is 2.55. The van der Waals surface area contributed by atoms with Gasteiger partial charge in [-0.2, -0.15) is 0 Å². The van der Waals surface area contributed by atoms with Gasteiger partial charge in [0.05, 0.1) is 22.6 Å². The van der Waals surface area contributed by atoms with Gasteiger partial charge >= 0.3 is 0 Å². The molecule has 5 aromatic carbocycles. The van der Waals surface area contributed by atoms with E-state index in [0.29, 0.717) is 24.9 Å². The third-order valence-corrected chi connectivity index (χ3v) is 7.73. The predicted octanol–water partition coefficient (Wildman–Crippen LogP) is 7.03. The summed E-state index contributed by atoms with van der Waals surface area (Å²) in [5, 5.41) is 10.4. The van der Waals surface area contributed by atoms with Gasteiger partial charge in [-0.25, -0.2) is 4.98 Å². The van der Waals surface area contributed by atoms with E-state index >= 15 is 0 Å². The standard InChI is InChI=1S/C35H32N4O2/c1-23(26-20-19-24-10-3-4-12-27(24)22-26)37-35(41)30-16-8-17-31-33(30)39(21-9-18-32(40)36-2)34(38-31)29-15-7-13-25-11-5-6-14-28(25)29/h3-8,10-17,19-20,22-23H,9,18,21H2,1-2H3,(H,36,40)(H,37,41)/t23-/m0/s1. The number of rotatable bonds is 8. The van der Waals surface area contributed by atoms with Crippen molar-refractivity contribution in [3.05, 3.63) is 114 Å². The number of aromatic nitrogens is 2. The molecule has 0 bridgehead atoms. The van der Waals surface area contributed by atoms with Crippen molar-refractivity contribution in [1.82, 2.24) is 20.2 Å². The van der Waals surface area contributed by atoms with Crippen molar-refractivity contribution in [2.75, 3.05) is 7.05 Å². The number of benzene rings is 5. The van der Waals surface area contributed by atoms with Crippen LogP contribution in [0.5, 0.6) is 0 Å². The molecule has 0 saturated carbocycles. The van der Waals surface area contributed by atoms with Crippen molar-refractivity contribution in [1.29, 1.82) is 0 Å². The lowest BCUT2D eigenvalue weighted by Crippen LogP contribution is -2.27. The molecule has 41 heavy (non-hydrogen) atoms. The van der Waals surface area contributed by atoms with E-state index in [9.17, 15) is 9.59 Å². The average molecular weight is 541 g/mol. The fourth-order valence-electron chi connectivity index (χ4n) is 5.57. The van der Waals surface area contributed by atoms with Gasteiger partial charge < -0.3 is 15.2 Å². The largest absolute Gasteiger partial charge is 0.359 e. The number of nitrogens with zero attached hydrogens (tertiary/aromatic N) is 2. The Hall–Kier alpha value is -4.97. The van der Waals surface area contributed by atoms with Crippen LogP contribution in [-0.2, 0) is 11.3 Å². The zero-order valence-corrected chi connectivity index (χ0v) is 23.2. The maximum atomic E-state index is 13.8. The van der Waals surface area contributed by atoms with E-state index in [1.165, 1.54) is 5.39 Å². The molecular weight excluding hydrogens is 508 g/mol. The molecule has 0 aliphatic rings. The molecule has 0 spiro atoms. The molecular formula is C35H32N4O2. The summed E-state index contributed by atoms with van der Waals surface area (Å²) in [5.41, 5.74) is 4.12. The number of para-hydroxylation sites is 1. The maximum Gasteiger partial charge on any atom is 0.253 e. The lowest BCUT2D eigenvalue weighted by atomic mass is 10.0. The molecule has 0 saturated heterocycles. The Morgan fingerprint density at radius 3 is 2.39 bits per heavy atom. The van der Waals surface area contributed by atoms with E-state index < -0.39 is 0 Å². The Balaban J connectivity index is 1.41. The molecule has 0 fully saturated rings. The number of carbonyl (C=O) groups is 2. The fraction of sp³-hybridized carbons (Fsp3) is 0.171. The van der Waals surface area contributed by atoms with E-state index in [4.69, 9.17) is 4.98 Å². The van der Waals surface area contributed by atoms with Crippen LogP contribution in [0.2, 0.25) is 0 Å². The van der Waals surface area contributed by atoms with Crippen molar-refractivity contribution in [3.8, 4) is 11.4 Å². The predicted molar refractivity (Wildman–Crippen MR) is 166 cm³/mol. The number of carbonyl (C=O) groups excluding carboxylic acids is 2. The first-order valence-electron chi connectivity index (χ1n) is 14.0. The summed E-state index contributed by atoms with van der Waals surface area (Å²) in [6.07, 6.45) is 1.00. The van der Waals surface area contributed by atoms with Crippen LogP contribution in [0.1, 0.15) is 41.7 Å². The maximum absolute atomic E-state index is 13.8. The molecule has 204 valence electrons. The van der Waals surface area contributed by atoms with Crippen molar-refractivity contribution in [3.63, 3.8) is 0 Å². The zero-order chi connectivity index (χ0) is 28.3. The van der Waals surface area contributed by atoms with Gasteiger partial charge in [0, 0.05) is 25.6 Å². The molecule has 6 heteroatoms. The van der Waals surface area contributed by atoms with Crippen molar-refractivity contribution in [2.45, 2.75) is 32.4 Å². The normalized spacial score (nSPS) is 12.0. The SMILES string of the molecule is CNC(=O)CCCn1c(-c2cccc3ccccc23)nc2cccc(C(=O)N[C@@H](C)c3ccc4ccccc4c3)c21. The highest BCUT2D eigenvalue weighted by Gasteiger charge is 2.21. The Morgan fingerprint density at radius 1 is 0.829 bits per heavy atom. The van der Waals surface area contributed by atoms with Crippen molar-refractivity contribution >= 4 is 44.4 Å². The summed E-state index contributed by atoms with van der Waals surface area (Å²) >= 11 is 0. The smallest absolute Gasteiger partial charge is 0.253 e. The first-order chi connectivity index (χ1) is 20.0. The van der Waals surface area contributed by atoms with Crippen LogP contribution in [-0.4, -0.2) is 28.4 Å². The Kier molecular flexibility index (Phi) is 7.21. The van der Waals surface area contributed by atoms with E-state index in [1.807, 2.05) is 55.5 Å². The van der Waals surface area contributed by atoms with Gasteiger partial charge in [-0.05, 0) is 58.7 Å². The van der Waals surface area contributed by atoms with E-state index in [0.717, 1.165) is 44.1 Å². The number of aryl methyl sites for hydroxylation is 1. The van der Waals surface area contributed by atoms with Gasteiger partial charge in [0.15, 0.2) is 0 Å². The van der Waals surface area contributed by atoms with Gasteiger partial charge in [-0.15, -0.1) is 0 Å². The van der Waals surface area contributed by atoms with Crippen LogP contribution in [0.25, 0.3) is 44.0 Å². The Labute approximate surface area is 239 Å². The van der Waals surface area contributed by atoms with Crippen LogP contribution in [0.15, 0.2) is 103 Å². The monoisotopic (exact) mass is 540 g/mol. The topological polar surface area (TPSA) is 76.0 Å². The number of nitrogens with one attached hydrogen (secondary N) is 2. The minimum atomic E-state index is -0.190. The number of amides is 2. The van der Waals surface area contributed by atoms with Gasteiger partial charge in [-0.1, -0.05) is 84.9 Å². The highest BCUT2D eigenvalue weighted by atomic mass is 16.2. The molecule has 6 rings (SSSR count). The van der Waals surface area contributed by atoms with E-state index in [1.54, 1.807) is 7.05 Å². The summed E-state index contributed by atoms with van der Waals surface area (Å²) in [5.74, 6) is 0.619. The molecule has 1 aromatic heterocycles. The fourth-order valence-corrected chi connectivity index (χ4v) is 5.57. The quantitative estimate of drug-likeness (QED) is 0.218. The molecule has 0 aliphatic carbocycles. The van der Waals surface area contributed by atoms with Gasteiger partial charge in [0.2, 0.25) is 5.91 Å². The molecule has 0 aliphatic heterocycles. The molecule has 2 N–H and O–H groups in total. The van der Waals surface area contributed by atoms with Crippen molar-refractivity contribution in [2.24, 2.45) is 0 Å². The Morgan fingerprint density at radius 2 is 1.56 bits per heavy atom. The first-order valence-corrected chi connectivity index (χ1v) is 14.0. The summed E-state index contributed by atoms with van der Waals surface area (Å²) in [7, 11) is 1.65. The van der Waals surface area contributed by atoms with Crippen LogP contribution in [0, 0.1) is 0 Å². The van der Waals surface area contributed by atoms with Crippen LogP contribution < -0.4 is 10.6 Å². The third kappa shape index (κ3) is 5.16. The second kappa shape index (κ2) is 11.3. The van der Waals surface area contributed by atoms with Crippen molar-refractivity contribution < 1.29 is 9.59 Å². The number of hydrogen-bond acceptors (Lipinski definition) is 3. The number of imidazole rings is 1. The van der Waals surface area contributed by atoms with Crippen LogP contribution in [0.3, 0.4) is 0 Å². The molecule has 0 unspecified atom stereocenters. The summed E-state index contributed by atoms with van der Waals surface area (Å²) < 4.78 is 2.11. The average Bonchev–Trinajstić information content (AvgIpc) is 3.38. The minimum Gasteiger partial charge on any atom is -0.359 e. The minimum absolute atomic E-state index is 0.0108.